The topological polar surface area (TPSA) is 98.5 Å². The fraction of sp³-hybridized carbons (Fsp3) is 0.235. The average Bonchev–Trinajstić information content (AvgIpc) is 2.94. The second-order valence-corrected chi connectivity index (χ2v) is 6.24. The molecule has 1 heterocycles. The van der Waals surface area contributed by atoms with E-state index < -0.39 is 24.4 Å². The molecule has 2 rings (SSSR count). The van der Waals surface area contributed by atoms with Gasteiger partial charge in [-0.2, -0.15) is 0 Å². The van der Waals surface area contributed by atoms with E-state index in [1.807, 2.05) is 13.8 Å². The van der Waals surface area contributed by atoms with Crippen LogP contribution in [0, 0.1) is 6.92 Å². The van der Waals surface area contributed by atoms with E-state index in [-0.39, 0.29) is 11.3 Å². The van der Waals surface area contributed by atoms with Gasteiger partial charge in [0.05, 0.1) is 11.3 Å². The highest BCUT2D eigenvalue weighted by Gasteiger charge is 2.16. The van der Waals surface area contributed by atoms with Gasteiger partial charge < -0.3 is 15.8 Å². The lowest BCUT2D eigenvalue weighted by Gasteiger charge is -2.08. The zero-order valence-corrected chi connectivity index (χ0v) is 14.2. The standard InChI is InChI=1S/C17H18N2O4S/c1-3-13-10(2)8-14(24-13)17(22)23-9-15(20)19-12-7-5-4-6-11(12)16(18)21/h4-8H,3,9H2,1-2H3,(H2,18,21)(H,19,20). The second-order valence-electron chi connectivity index (χ2n) is 5.10. The van der Waals surface area contributed by atoms with Crippen LogP contribution in [0.25, 0.3) is 0 Å². The Labute approximate surface area is 143 Å². The van der Waals surface area contributed by atoms with Gasteiger partial charge in [-0.1, -0.05) is 19.1 Å². The van der Waals surface area contributed by atoms with Gasteiger partial charge in [-0.3, -0.25) is 9.59 Å². The van der Waals surface area contributed by atoms with Crippen LogP contribution < -0.4 is 11.1 Å². The van der Waals surface area contributed by atoms with Crippen LogP contribution in [0.2, 0.25) is 0 Å². The summed E-state index contributed by atoms with van der Waals surface area (Å²) in [5.74, 6) is -1.73. The number of hydrogen-bond acceptors (Lipinski definition) is 5. The molecule has 0 aliphatic carbocycles. The van der Waals surface area contributed by atoms with Crippen molar-refractivity contribution in [2.75, 3.05) is 11.9 Å². The number of primary amides is 1. The number of para-hydroxylation sites is 1. The minimum Gasteiger partial charge on any atom is -0.451 e. The maximum atomic E-state index is 12.0. The van der Waals surface area contributed by atoms with Crippen molar-refractivity contribution in [1.82, 2.24) is 0 Å². The number of esters is 1. The third-order valence-corrected chi connectivity index (χ3v) is 4.71. The van der Waals surface area contributed by atoms with Crippen molar-refractivity contribution in [3.05, 3.63) is 51.2 Å². The van der Waals surface area contributed by atoms with Crippen molar-refractivity contribution in [3.8, 4) is 0 Å². The summed E-state index contributed by atoms with van der Waals surface area (Å²) >= 11 is 1.36. The fourth-order valence-corrected chi connectivity index (χ4v) is 3.17. The predicted molar refractivity (Wildman–Crippen MR) is 92.3 cm³/mol. The van der Waals surface area contributed by atoms with Crippen LogP contribution in [0.5, 0.6) is 0 Å². The quantitative estimate of drug-likeness (QED) is 0.785. The molecule has 1 aromatic heterocycles. The summed E-state index contributed by atoms with van der Waals surface area (Å²) in [6, 6.07) is 8.11. The van der Waals surface area contributed by atoms with Crippen LogP contribution in [0.15, 0.2) is 30.3 Å². The number of benzene rings is 1. The van der Waals surface area contributed by atoms with Crippen LogP contribution in [-0.4, -0.2) is 24.4 Å². The van der Waals surface area contributed by atoms with Crippen molar-refractivity contribution < 1.29 is 19.1 Å². The number of amides is 2. The molecule has 0 spiro atoms. The van der Waals surface area contributed by atoms with E-state index in [0.29, 0.717) is 4.88 Å². The van der Waals surface area contributed by atoms with Gasteiger partial charge in [-0.25, -0.2) is 4.79 Å². The van der Waals surface area contributed by atoms with Crippen molar-refractivity contribution >= 4 is 34.8 Å². The normalized spacial score (nSPS) is 10.2. The number of carbonyl (C=O) groups is 3. The number of aryl methyl sites for hydroxylation is 2. The summed E-state index contributed by atoms with van der Waals surface area (Å²) in [6.45, 7) is 3.50. The maximum Gasteiger partial charge on any atom is 0.348 e. The SMILES string of the molecule is CCc1sc(C(=O)OCC(=O)Nc2ccccc2C(N)=O)cc1C. The van der Waals surface area contributed by atoms with E-state index in [4.69, 9.17) is 10.5 Å². The monoisotopic (exact) mass is 346 g/mol. The number of carbonyl (C=O) groups excluding carboxylic acids is 3. The van der Waals surface area contributed by atoms with Crippen LogP contribution in [0.4, 0.5) is 5.69 Å². The van der Waals surface area contributed by atoms with Gasteiger partial charge in [0.1, 0.15) is 4.88 Å². The number of rotatable bonds is 6. The summed E-state index contributed by atoms with van der Waals surface area (Å²) in [6.07, 6.45) is 0.841. The van der Waals surface area contributed by atoms with Gasteiger partial charge >= 0.3 is 5.97 Å². The van der Waals surface area contributed by atoms with E-state index in [9.17, 15) is 14.4 Å². The molecule has 7 heteroatoms. The number of thiophene rings is 1. The van der Waals surface area contributed by atoms with Gasteiger partial charge in [0, 0.05) is 4.88 Å². The van der Waals surface area contributed by atoms with E-state index in [1.54, 1.807) is 24.3 Å². The summed E-state index contributed by atoms with van der Waals surface area (Å²) in [7, 11) is 0. The summed E-state index contributed by atoms with van der Waals surface area (Å²) in [4.78, 5) is 36.8. The molecule has 2 aromatic rings. The molecule has 0 saturated carbocycles. The van der Waals surface area contributed by atoms with Crippen molar-refractivity contribution in [2.24, 2.45) is 5.73 Å². The molecule has 6 nitrogen and oxygen atoms in total. The molecule has 0 radical (unpaired) electrons. The molecule has 0 saturated heterocycles. The first-order valence-corrected chi connectivity index (χ1v) is 8.19. The Morgan fingerprint density at radius 1 is 1.25 bits per heavy atom. The molecule has 24 heavy (non-hydrogen) atoms. The Balaban J connectivity index is 1.96. The van der Waals surface area contributed by atoms with E-state index in [2.05, 4.69) is 5.32 Å². The molecule has 3 N–H and O–H groups in total. The average molecular weight is 346 g/mol. The summed E-state index contributed by atoms with van der Waals surface area (Å²) < 4.78 is 5.02. The molecule has 0 bridgehead atoms. The first kappa shape index (κ1) is 17.7. The molecular formula is C17H18N2O4S. The minimum absolute atomic E-state index is 0.193. The Hall–Kier alpha value is -2.67. The number of hydrogen-bond donors (Lipinski definition) is 2. The summed E-state index contributed by atoms with van der Waals surface area (Å²) in [5.41, 5.74) is 6.76. The minimum atomic E-state index is -0.649. The first-order valence-electron chi connectivity index (χ1n) is 7.37. The van der Waals surface area contributed by atoms with Crippen molar-refractivity contribution in [1.29, 1.82) is 0 Å². The van der Waals surface area contributed by atoms with Crippen molar-refractivity contribution in [2.45, 2.75) is 20.3 Å². The van der Waals surface area contributed by atoms with Crippen LogP contribution >= 0.6 is 11.3 Å². The van der Waals surface area contributed by atoms with E-state index in [0.717, 1.165) is 16.9 Å². The highest BCUT2D eigenvalue weighted by Crippen LogP contribution is 2.23. The number of anilines is 1. The number of nitrogens with two attached hydrogens (primary N) is 1. The second kappa shape index (κ2) is 7.74. The smallest absolute Gasteiger partial charge is 0.348 e. The van der Waals surface area contributed by atoms with Crippen molar-refractivity contribution in [3.63, 3.8) is 0 Å². The molecule has 126 valence electrons. The molecular weight excluding hydrogens is 328 g/mol. The predicted octanol–water partition coefficient (Wildman–Crippen LogP) is 2.51. The lowest BCUT2D eigenvalue weighted by atomic mass is 10.1. The lowest BCUT2D eigenvalue weighted by molar-refractivity contribution is -0.119. The van der Waals surface area contributed by atoms with Gasteiger partial charge in [0.2, 0.25) is 0 Å². The largest absolute Gasteiger partial charge is 0.451 e. The highest BCUT2D eigenvalue weighted by molar-refractivity contribution is 7.14. The summed E-state index contributed by atoms with van der Waals surface area (Å²) in [5, 5.41) is 2.51. The molecule has 2 amide bonds. The van der Waals surface area contributed by atoms with Gasteiger partial charge in [0.25, 0.3) is 11.8 Å². The fourth-order valence-electron chi connectivity index (χ4n) is 2.17. The number of nitrogens with one attached hydrogen (secondary N) is 1. The molecule has 1 aromatic carbocycles. The van der Waals surface area contributed by atoms with Crippen LogP contribution in [0.3, 0.4) is 0 Å². The van der Waals surface area contributed by atoms with Gasteiger partial charge in [-0.05, 0) is 37.1 Å². The van der Waals surface area contributed by atoms with Gasteiger partial charge in [0.15, 0.2) is 6.61 Å². The Kier molecular flexibility index (Phi) is 5.70. The third kappa shape index (κ3) is 4.20. The molecule has 0 aliphatic heterocycles. The molecule has 0 unspecified atom stereocenters. The first-order chi connectivity index (χ1) is 11.4. The molecule has 0 atom stereocenters. The zero-order valence-electron chi connectivity index (χ0n) is 13.4. The van der Waals surface area contributed by atoms with Crippen LogP contribution in [0.1, 0.15) is 37.4 Å². The Morgan fingerprint density at radius 2 is 1.96 bits per heavy atom. The maximum absolute atomic E-state index is 12.0. The third-order valence-electron chi connectivity index (χ3n) is 3.34. The van der Waals surface area contributed by atoms with E-state index >= 15 is 0 Å². The lowest BCUT2D eigenvalue weighted by Crippen LogP contribution is -2.23. The number of ether oxygens (including phenoxy) is 1. The van der Waals surface area contributed by atoms with Crippen LogP contribution in [-0.2, 0) is 16.0 Å². The molecule has 0 fully saturated rings. The molecule has 0 aliphatic rings. The van der Waals surface area contributed by atoms with E-state index in [1.165, 1.54) is 17.4 Å². The van der Waals surface area contributed by atoms with Gasteiger partial charge in [-0.15, -0.1) is 11.3 Å². The Bertz CT molecular complexity index is 783. The Morgan fingerprint density at radius 3 is 2.58 bits per heavy atom. The zero-order chi connectivity index (χ0) is 17.7. The highest BCUT2D eigenvalue weighted by atomic mass is 32.1.